The zero-order valence-electron chi connectivity index (χ0n) is 13.9. The normalized spacial score (nSPS) is 27.8. The minimum absolute atomic E-state index is 0.228. The molecule has 116 valence electrons. The summed E-state index contributed by atoms with van der Waals surface area (Å²) in [5.41, 5.74) is 3.01. The molecule has 2 fully saturated rings. The van der Waals surface area contributed by atoms with Crippen molar-refractivity contribution >= 4 is 0 Å². The van der Waals surface area contributed by atoms with Gasteiger partial charge in [-0.2, -0.15) is 0 Å². The standard InChI is InChI=1S/C19H29NO/c1-13(14-7-9-16(10-8-14)19(2,3)4)20-17-11-12-21-18(17)15-5-6-15/h7-10,13,15,17-18,20H,5-6,11-12H2,1-4H3. The minimum atomic E-state index is 0.228. The van der Waals surface area contributed by atoms with Crippen molar-refractivity contribution in [1.82, 2.24) is 5.32 Å². The van der Waals surface area contributed by atoms with Crippen LogP contribution in [-0.2, 0) is 10.2 Å². The first kappa shape index (κ1) is 15.1. The molecule has 1 saturated heterocycles. The van der Waals surface area contributed by atoms with Crippen LogP contribution in [0.4, 0.5) is 0 Å². The maximum absolute atomic E-state index is 5.93. The molecule has 0 bridgehead atoms. The zero-order chi connectivity index (χ0) is 15.0. The van der Waals surface area contributed by atoms with E-state index >= 15 is 0 Å². The van der Waals surface area contributed by atoms with Crippen LogP contribution in [0.2, 0.25) is 0 Å². The fourth-order valence-corrected chi connectivity index (χ4v) is 3.37. The molecule has 0 radical (unpaired) electrons. The van der Waals surface area contributed by atoms with Crippen LogP contribution in [0.25, 0.3) is 0 Å². The molecular formula is C19H29NO. The van der Waals surface area contributed by atoms with Crippen LogP contribution in [-0.4, -0.2) is 18.8 Å². The number of hydrogen-bond acceptors (Lipinski definition) is 2. The molecule has 3 rings (SSSR count). The van der Waals surface area contributed by atoms with E-state index in [1.807, 2.05) is 0 Å². The van der Waals surface area contributed by atoms with Crippen LogP contribution < -0.4 is 5.32 Å². The highest BCUT2D eigenvalue weighted by Crippen LogP contribution is 2.39. The van der Waals surface area contributed by atoms with E-state index in [1.165, 1.54) is 24.0 Å². The summed E-state index contributed by atoms with van der Waals surface area (Å²) in [6.45, 7) is 9.99. The molecular weight excluding hydrogens is 258 g/mol. The summed E-state index contributed by atoms with van der Waals surface area (Å²) in [7, 11) is 0. The van der Waals surface area contributed by atoms with Crippen molar-refractivity contribution in [1.29, 1.82) is 0 Å². The van der Waals surface area contributed by atoms with Gasteiger partial charge in [-0.15, -0.1) is 0 Å². The van der Waals surface area contributed by atoms with Crippen molar-refractivity contribution in [2.45, 2.75) is 70.6 Å². The van der Waals surface area contributed by atoms with Crippen LogP contribution >= 0.6 is 0 Å². The van der Waals surface area contributed by atoms with Crippen LogP contribution in [0.15, 0.2) is 24.3 Å². The monoisotopic (exact) mass is 287 g/mol. The highest BCUT2D eigenvalue weighted by atomic mass is 16.5. The fourth-order valence-electron chi connectivity index (χ4n) is 3.37. The second-order valence-electron chi connectivity index (χ2n) is 7.83. The lowest BCUT2D eigenvalue weighted by atomic mass is 9.86. The van der Waals surface area contributed by atoms with Crippen LogP contribution in [0, 0.1) is 5.92 Å². The average Bonchev–Trinajstić information content (AvgIpc) is 3.18. The van der Waals surface area contributed by atoms with E-state index in [2.05, 4.69) is 57.3 Å². The first-order valence-corrected chi connectivity index (χ1v) is 8.43. The van der Waals surface area contributed by atoms with Crippen molar-refractivity contribution in [3.8, 4) is 0 Å². The SMILES string of the molecule is CC(NC1CCOC1C1CC1)c1ccc(C(C)(C)C)cc1. The Kier molecular flexibility index (Phi) is 4.11. The Labute approximate surface area is 129 Å². The van der Waals surface area contributed by atoms with Crippen molar-refractivity contribution < 1.29 is 4.74 Å². The molecule has 1 heterocycles. The van der Waals surface area contributed by atoms with E-state index in [0.29, 0.717) is 18.2 Å². The topological polar surface area (TPSA) is 21.3 Å². The lowest BCUT2D eigenvalue weighted by Gasteiger charge is -2.25. The van der Waals surface area contributed by atoms with Gasteiger partial charge < -0.3 is 10.1 Å². The fraction of sp³-hybridized carbons (Fsp3) is 0.684. The molecule has 1 aromatic rings. The van der Waals surface area contributed by atoms with Gasteiger partial charge in [-0.1, -0.05) is 45.0 Å². The maximum atomic E-state index is 5.93. The molecule has 2 aliphatic rings. The van der Waals surface area contributed by atoms with Gasteiger partial charge in [-0.25, -0.2) is 0 Å². The minimum Gasteiger partial charge on any atom is -0.376 e. The molecule has 0 amide bonds. The first-order chi connectivity index (χ1) is 9.95. The van der Waals surface area contributed by atoms with Crippen LogP contribution in [0.5, 0.6) is 0 Å². The highest BCUT2D eigenvalue weighted by molar-refractivity contribution is 5.29. The van der Waals surface area contributed by atoms with Crippen LogP contribution in [0.3, 0.4) is 0 Å². The molecule has 3 unspecified atom stereocenters. The molecule has 2 heteroatoms. The van der Waals surface area contributed by atoms with Gasteiger partial charge in [0.05, 0.1) is 6.10 Å². The van der Waals surface area contributed by atoms with E-state index < -0.39 is 0 Å². The van der Waals surface area contributed by atoms with Gasteiger partial charge in [0.2, 0.25) is 0 Å². The Hall–Kier alpha value is -0.860. The molecule has 1 aliphatic heterocycles. The van der Waals surface area contributed by atoms with E-state index in [0.717, 1.165) is 18.9 Å². The van der Waals surface area contributed by atoms with Crippen molar-refractivity contribution in [3.63, 3.8) is 0 Å². The van der Waals surface area contributed by atoms with E-state index in [1.54, 1.807) is 0 Å². The van der Waals surface area contributed by atoms with E-state index in [-0.39, 0.29) is 5.41 Å². The summed E-state index contributed by atoms with van der Waals surface area (Å²) in [5, 5.41) is 3.80. The summed E-state index contributed by atoms with van der Waals surface area (Å²) in [6.07, 6.45) is 4.34. The summed E-state index contributed by atoms with van der Waals surface area (Å²) in [4.78, 5) is 0. The van der Waals surface area contributed by atoms with Gasteiger partial charge in [0.15, 0.2) is 0 Å². The third-order valence-corrected chi connectivity index (χ3v) is 4.96. The summed E-state index contributed by atoms with van der Waals surface area (Å²) in [5.74, 6) is 0.820. The average molecular weight is 287 g/mol. The molecule has 1 aromatic carbocycles. The lowest BCUT2D eigenvalue weighted by Crippen LogP contribution is -2.39. The van der Waals surface area contributed by atoms with Crippen molar-refractivity contribution in [3.05, 3.63) is 35.4 Å². The second-order valence-corrected chi connectivity index (χ2v) is 7.83. The Morgan fingerprint density at radius 1 is 1.10 bits per heavy atom. The first-order valence-electron chi connectivity index (χ1n) is 8.43. The molecule has 0 aromatic heterocycles. The number of ether oxygens (including phenoxy) is 1. The van der Waals surface area contributed by atoms with Gasteiger partial charge in [0, 0.05) is 18.7 Å². The Morgan fingerprint density at radius 2 is 1.76 bits per heavy atom. The van der Waals surface area contributed by atoms with E-state index in [9.17, 15) is 0 Å². The summed E-state index contributed by atoms with van der Waals surface area (Å²) in [6, 6.07) is 10.0. The Balaban J connectivity index is 1.63. The van der Waals surface area contributed by atoms with Crippen molar-refractivity contribution in [2.24, 2.45) is 5.92 Å². The predicted molar refractivity (Wildman–Crippen MR) is 87.6 cm³/mol. The molecule has 21 heavy (non-hydrogen) atoms. The highest BCUT2D eigenvalue weighted by Gasteiger charge is 2.40. The largest absolute Gasteiger partial charge is 0.376 e. The third-order valence-electron chi connectivity index (χ3n) is 4.96. The smallest absolute Gasteiger partial charge is 0.0757 e. The van der Waals surface area contributed by atoms with Gasteiger partial charge in [-0.3, -0.25) is 0 Å². The Bertz CT molecular complexity index is 469. The summed E-state index contributed by atoms with van der Waals surface area (Å²) >= 11 is 0. The second kappa shape index (κ2) is 5.73. The zero-order valence-corrected chi connectivity index (χ0v) is 13.9. The van der Waals surface area contributed by atoms with Crippen molar-refractivity contribution in [2.75, 3.05) is 6.61 Å². The maximum Gasteiger partial charge on any atom is 0.0757 e. The Morgan fingerprint density at radius 3 is 2.33 bits per heavy atom. The number of rotatable bonds is 4. The predicted octanol–water partition coefficient (Wildman–Crippen LogP) is 4.20. The van der Waals surface area contributed by atoms with Gasteiger partial charge in [0.1, 0.15) is 0 Å². The molecule has 3 atom stereocenters. The quantitative estimate of drug-likeness (QED) is 0.896. The molecule has 0 spiro atoms. The number of benzene rings is 1. The van der Waals surface area contributed by atoms with Gasteiger partial charge in [-0.05, 0) is 48.6 Å². The molecule has 1 saturated carbocycles. The number of hydrogen-bond donors (Lipinski definition) is 1. The number of nitrogens with one attached hydrogen (secondary N) is 1. The molecule has 1 N–H and O–H groups in total. The third kappa shape index (κ3) is 3.49. The van der Waals surface area contributed by atoms with Crippen LogP contribution in [0.1, 0.15) is 64.1 Å². The van der Waals surface area contributed by atoms with E-state index in [4.69, 9.17) is 4.74 Å². The summed E-state index contributed by atoms with van der Waals surface area (Å²) < 4.78 is 5.93. The van der Waals surface area contributed by atoms with Gasteiger partial charge >= 0.3 is 0 Å². The molecule has 1 aliphatic carbocycles. The van der Waals surface area contributed by atoms with Gasteiger partial charge in [0.25, 0.3) is 0 Å². The molecule has 2 nitrogen and oxygen atoms in total. The lowest BCUT2D eigenvalue weighted by molar-refractivity contribution is 0.0793.